The monoisotopic (exact) mass is 262 g/mol. The Morgan fingerprint density at radius 3 is 2.89 bits per heavy atom. The van der Waals surface area contributed by atoms with Crippen molar-refractivity contribution in [2.24, 2.45) is 0 Å². The first-order chi connectivity index (χ1) is 8.79. The van der Waals surface area contributed by atoms with Crippen LogP contribution in [0.2, 0.25) is 0 Å². The quantitative estimate of drug-likeness (QED) is 0.826. The number of rotatable bonds is 5. The SMILES string of the molecule is CCNc1ccnc(CSc2ccccc2F)c1. The molecule has 0 aliphatic heterocycles. The van der Waals surface area contributed by atoms with Crippen molar-refractivity contribution in [3.63, 3.8) is 0 Å². The number of halogens is 1. The van der Waals surface area contributed by atoms with Crippen molar-refractivity contribution in [1.29, 1.82) is 0 Å². The smallest absolute Gasteiger partial charge is 0.136 e. The first-order valence-electron chi connectivity index (χ1n) is 5.85. The van der Waals surface area contributed by atoms with E-state index < -0.39 is 0 Å². The van der Waals surface area contributed by atoms with Crippen molar-refractivity contribution in [1.82, 2.24) is 4.98 Å². The van der Waals surface area contributed by atoms with Gasteiger partial charge in [0.2, 0.25) is 0 Å². The number of pyridine rings is 1. The average molecular weight is 262 g/mol. The maximum atomic E-state index is 13.4. The molecule has 0 aliphatic carbocycles. The lowest BCUT2D eigenvalue weighted by Crippen LogP contribution is -1.98. The summed E-state index contributed by atoms with van der Waals surface area (Å²) in [6.07, 6.45) is 1.77. The van der Waals surface area contributed by atoms with Gasteiger partial charge in [-0.05, 0) is 31.2 Å². The molecule has 4 heteroatoms. The molecule has 1 aromatic carbocycles. The van der Waals surface area contributed by atoms with E-state index in [1.54, 1.807) is 18.3 Å². The highest BCUT2D eigenvalue weighted by molar-refractivity contribution is 7.98. The van der Waals surface area contributed by atoms with Crippen molar-refractivity contribution in [3.05, 3.63) is 54.1 Å². The fraction of sp³-hybridized carbons (Fsp3) is 0.214. The van der Waals surface area contributed by atoms with Gasteiger partial charge >= 0.3 is 0 Å². The van der Waals surface area contributed by atoms with E-state index in [1.165, 1.54) is 17.8 Å². The highest BCUT2D eigenvalue weighted by Crippen LogP contribution is 2.25. The van der Waals surface area contributed by atoms with Gasteiger partial charge in [0, 0.05) is 29.1 Å². The van der Waals surface area contributed by atoms with Gasteiger partial charge in [0.25, 0.3) is 0 Å². The lowest BCUT2D eigenvalue weighted by atomic mass is 10.3. The summed E-state index contributed by atoms with van der Waals surface area (Å²) < 4.78 is 13.4. The Balaban J connectivity index is 2.02. The molecule has 2 nitrogen and oxygen atoms in total. The van der Waals surface area contributed by atoms with Gasteiger partial charge in [0.05, 0.1) is 5.69 Å². The van der Waals surface area contributed by atoms with Gasteiger partial charge in [0.1, 0.15) is 5.82 Å². The van der Waals surface area contributed by atoms with Crippen LogP contribution in [0.4, 0.5) is 10.1 Å². The number of aromatic nitrogens is 1. The molecule has 1 N–H and O–H groups in total. The van der Waals surface area contributed by atoms with Gasteiger partial charge in [-0.1, -0.05) is 12.1 Å². The summed E-state index contributed by atoms with van der Waals surface area (Å²) in [6.45, 7) is 2.93. The fourth-order valence-electron chi connectivity index (χ4n) is 1.58. The van der Waals surface area contributed by atoms with E-state index in [-0.39, 0.29) is 5.82 Å². The second-order valence-electron chi connectivity index (χ2n) is 3.79. The van der Waals surface area contributed by atoms with Crippen molar-refractivity contribution in [2.45, 2.75) is 17.6 Å². The molecular weight excluding hydrogens is 247 g/mol. The van der Waals surface area contributed by atoms with Crippen LogP contribution in [0.3, 0.4) is 0 Å². The van der Waals surface area contributed by atoms with Gasteiger partial charge < -0.3 is 5.32 Å². The number of hydrogen-bond acceptors (Lipinski definition) is 3. The Morgan fingerprint density at radius 2 is 2.11 bits per heavy atom. The fourth-order valence-corrected chi connectivity index (χ4v) is 2.43. The molecule has 0 saturated heterocycles. The van der Waals surface area contributed by atoms with Crippen LogP contribution in [0.15, 0.2) is 47.5 Å². The van der Waals surface area contributed by atoms with E-state index in [4.69, 9.17) is 0 Å². The van der Waals surface area contributed by atoms with Crippen molar-refractivity contribution in [3.8, 4) is 0 Å². The molecule has 0 spiro atoms. The minimum Gasteiger partial charge on any atom is -0.385 e. The molecule has 0 fully saturated rings. The topological polar surface area (TPSA) is 24.9 Å². The molecule has 0 aliphatic rings. The highest BCUT2D eigenvalue weighted by atomic mass is 32.2. The number of nitrogens with one attached hydrogen (secondary N) is 1. The first kappa shape index (κ1) is 12.9. The summed E-state index contributed by atoms with van der Waals surface area (Å²) in [7, 11) is 0. The summed E-state index contributed by atoms with van der Waals surface area (Å²) in [6, 6.07) is 10.7. The van der Waals surface area contributed by atoms with Gasteiger partial charge in [0.15, 0.2) is 0 Å². The summed E-state index contributed by atoms with van der Waals surface area (Å²) in [5.74, 6) is 0.491. The summed E-state index contributed by atoms with van der Waals surface area (Å²) in [5, 5.41) is 3.23. The van der Waals surface area contributed by atoms with Gasteiger partial charge in [-0.3, -0.25) is 4.98 Å². The van der Waals surface area contributed by atoms with Crippen LogP contribution < -0.4 is 5.32 Å². The number of nitrogens with zero attached hydrogens (tertiary/aromatic N) is 1. The Bertz CT molecular complexity index is 517. The second-order valence-corrected chi connectivity index (χ2v) is 4.80. The summed E-state index contributed by atoms with van der Waals surface area (Å²) in [5.41, 5.74) is 2.00. The molecule has 2 aromatic rings. The van der Waals surface area contributed by atoms with Gasteiger partial charge in [-0.2, -0.15) is 0 Å². The Kier molecular flexibility index (Phi) is 4.59. The van der Waals surface area contributed by atoms with Crippen LogP contribution in [0.1, 0.15) is 12.6 Å². The van der Waals surface area contributed by atoms with E-state index in [9.17, 15) is 4.39 Å². The molecule has 18 heavy (non-hydrogen) atoms. The predicted octanol–water partition coefficient (Wildman–Crippen LogP) is 3.94. The summed E-state index contributed by atoms with van der Waals surface area (Å²) in [4.78, 5) is 4.94. The summed E-state index contributed by atoms with van der Waals surface area (Å²) >= 11 is 1.46. The molecule has 0 saturated carbocycles. The third kappa shape index (κ3) is 3.47. The van der Waals surface area contributed by atoms with E-state index in [0.717, 1.165) is 17.9 Å². The third-order valence-electron chi connectivity index (χ3n) is 2.41. The molecule has 0 bridgehead atoms. The Labute approximate surface area is 111 Å². The van der Waals surface area contributed by atoms with E-state index in [0.29, 0.717) is 10.6 Å². The van der Waals surface area contributed by atoms with Crippen LogP contribution >= 0.6 is 11.8 Å². The van der Waals surface area contributed by atoms with Crippen molar-refractivity contribution < 1.29 is 4.39 Å². The van der Waals surface area contributed by atoms with E-state index in [1.807, 2.05) is 25.1 Å². The molecule has 0 amide bonds. The van der Waals surface area contributed by atoms with E-state index in [2.05, 4.69) is 10.3 Å². The molecule has 1 heterocycles. The molecule has 2 rings (SSSR count). The number of thioether (sulfide) groups is 1. The van der Waals surface area contributed by atoms with Crippen LogP contribution in [0, 0.1) is 5.82 Å². The van der Waals surface area contributed by atoms with E-state index >= 15 is 0 Å². The number of benzene rings is 1. The maximum Gasteiger partial charge on any atom is 0.136 e. The lowest BCUT2D eigenvalue weighted by Gasteiger charge is -2.06. The zero-order valence-corrected chi connectivity index (χ0v) is 11.0. The normalized spacial score (nSPS) is 10.3. The second kappa shape index (κ2) is 6.40. The molecule has 1 aromatic heterocycles. The molecular formula is C14H15FN2S. The molecule has 0 radical (unpaired) electrons. The number of anilines is 1. The largest absolute Gasteiger partial charge is 0.385 e. The van der Waals surface area contributed by atoms with Crippen LogP contribution in [-0.4, -0.2) is 11.5 Å². The molecule has 94 valence electrons. The number of hydrogen-bond donors (Lipinski definition) is 1. The molecule has 0 unspecified atom stereocenters. The van der Waals surface area contributed by atoms with Crippen molar-refractivity contribution >= 4 is 17.4 Å². The Morgan fingerprint density at radius 1 is 1.28 bits per heavy atom. The predicted molar refractivity (Wildman–Crippen MR) is 74.4 cm³/mol. The minimum absolute atomic E-state index is 0.176. The third-order valence-corrected chi connectivity index (χ3v) is 3.49. The standard InChI is InChI=1S/C14H15FN2S/c1-2-16-11-7-8-17-12(9-11)10-18-14-6-4-3-5-13(14)15/h3-9H,2,10H2,1H3,(H,16,17). The zero-order chi connectivity index (χ0) is 12.8. The Hall–Kier alpha value is -1.55. The lowest BCUT2D eigenvalue weighted by molar-refractivity contribution is 0.602. The van der Waals surface area contributed by atoms with Gasteiger partial charge in [-0.25, -0.2) is 4.39 Å². The van der Waals surface area contributed by atoms with Crippen molar-refractivity contribution in [2.75, 3.05) is 11.9 Å². The van der Waals surface area contributed by atoms with Crippen LogP contribution in [0.25, 0.3) is 0 Å². The van der Waals surface area contributed by atoms with Gasteiger partial charge in [-0.15, -0.1) is 11.8 Å². The van der Waals surface area contributed by atoms with Crippen LogP contribution in [0.5, 0.6) is 0 Å². The first-order valence-corrected chi connectivity index (χ1v) is 6.84. The maximum absolute atomic E-state index is 13.4. The average Bonchev–Trinajstić information content (AvgIpc) is 2.39. The minimum atomic E-state index is -0.176. The van der Waals surface area contributed by atoms with Crippen LogP contribution in [-0.2, 0) is 5.75 Å². The highest BCUT2D eigenvalue weighted by Gasteiger charge is 2.03. The zero-order valence-electron chi connectivity index (χ0n) is 10.2. The molecule has 0 atom stereocenters.